The third kappa shape index (κ3) is 3.20. The van der Waals surface area contributed by atoms with Gasteiger partial charge in [-0.1, -0.05) is 0 Å². The number of ether oxygens (including phenoxy) is 1. The van der Waals surface area contributed by atoms with Crippen molar-refractivity contribution in [3.05, 3.63) is 24.0 Å². The maximum Gasteiger partial charge on any atom is 0.270 e. The second-order valence-electron chi connectivity index (χ2n) is 5.23. The van der Waals surface area contributed by atoms with Crippen LogP contribution in [-0.2, 0) is 11.3 Å². The first-order valence-electron chi connectivity index (χ1n) is 7.01. The molecule has 0 spiro atoms. The van der Waals surface area contributed by atoms with Crippen LogP contribution < -0.4 is 5.73 Å². The number of carbonyl (C=O) groups is 1. The minimum Gasteiger partial charge on any atom is -0.383 e. The Bertz CT molecular complexity index is 446. The number of nitrogens with two attached hydrogens (primary N) is 1. The van der Waals surface area contributed by atoms with Crippen LogP contribution in [0.2, 0.25) is 0 Å². The molecule has 2 heterocycles. The van der Waals surface area contributed by atoms with Crippen LogP contribution in [0.1, 0.15) is 10.5 Å². The van der Waals surface area contributed by atoms with Gasteiger partial charge in [0.25, 0.3) is 5.91 Å². The summed E-state index contributed by atoms with van der Waals surface area (Å²) < 4.78 is 7.02. The first-order valence-corrected chi connectivity index (χ1v) is 7.01. The van der Waals surface area contributed by atoms with Crippen molar-refractivity contribution >= 4 is 5.91 Å². The van der Waals surface area contributed by atoms with Crippen molar-refractivity contribution in [1.29, 1.82) is 0 Å². The Labute approximate surface area is 120 Å². The standard InChI is InChI=1S/C14H24N4O2/c1-16-6-7-18(12(10-15)11-16)14(19)13-4-3-5-17(13)8-9-20-2/h3-5,12H,6-11,15H2,1-2H3. The summed E-state index contributed by atoms with van der Waals surface area (Å²) in [4.78, 5) is 16.8. The van der Waals surface area contributed by atoms with Crippen molar-refractivity contribution in [2.24, 2.45) is 5.73 Å². The molecule has 1 atom stereocenters. The smallest absolute Gasteiger partial charge is 0.270 e. The molecule has 0 aromatic carbocycles. The summed E-state index contributed by atoms with van der Waals surface area (Å²) in [5.41, 5.74) is 6.53. The van der Waals surface area contributed by atoms with E-state index in [0.29, 0.717) is 25.4 Å². The van der Waals surface area contributed by atoms with Gasteiger partial charge in [-0.2, -0.15) is 0 Å². The lowest BCUT2D eigenvalue weighted by molar-refractivity contribution is 0.0503. The van der Waals surface area contributed by atoms with Crippen LogP contribution in [0, 0.1) is 0 Å². The largest absolute Gasteiger partial charge is 0.383 e. The fourth-order valence-corrected chi connectivity index (χ4v) is 2.62. The van der Waals surface area contributed by atoms with E-state index in [-0.39, 0.29) is 11.9 Å². The highest BCUT2D eigenvalue weighted by Crippen LogP contribution is 2.14. The van der Waals surface area contributed by atoms with Crippen LogP contribution in [0.15, 0.2) is 18.3 Å². The van der Waals surface area contributed by atoms with E-state index in [2.05, 4.69) is 11.9 Å². The van der Waals surface area contributed by atoms with Crippen molar-refractivity contribution < 1.29 is 9.53 Å². The van der Waals surface area contributed by atoms with Gasteiger partial charge in [0, 0.05) is 46.0 Å². The molecule has 0 bridgehead atoms. The molecule has 20 heavy (non-hydrogen) atoms. The van der Waals surface area contributed by atoms with Gasteiger partial charge in [0.2, 0.25) is 0 Å². The Balaban J connectivity index is 2.12. The quantitative estimate of drug-likeness (QED) is 0.815. The maximum absolute atomic E-state index is 12.7. The molecule has 1 unspecified atom stereocenters. The predicted octanol–water partition coefficient (Wildman–Crippen LogP) is -0.151. The summed E-state index contributed by atoms with van der Waals surface area (Å²) >= 11 is 0. The van der Waals surface area contributed by atoms with Crippen molar-refractivity contribution in [2.75, 3.05) is 46.9 Å². The number of amides is 1. The molecule has 1 amide bonds. The number of rotatable bonds is 5. The first-order chi connectivity index (χ1) is 9.67. The van der Waals surface area contributed by atoms with Crippen LogP contribution in [-0.4, -0.2) is 73.3 Å². The lowest BCUT2D eigenvalue weighted by Crippen LogP contribution is -2.57. The Morgan fingerprint density at radius 1 is 1.50 bits per heavy atom. The molecule has 1 aliphatic rings. The van der Waals surface area contributed by atoms with Crippen LogP contribution >= 0.6 is 0 Å². The Kier molecular flexibility index (Phi) is 5.17. The van der Waals surface area contributed by atoms with Crippen molar-refractivity contribution in [3.63, 3.8) is 0 Å². The number of piperazine rings is 1. The Morgan fingerprint density at radius 3 is 3.00 bits per heavy atom. The van der Waals surface area contributed by atoms with Crippen LogP contribution in [0.5, 0.6) is 0 Å². The van der Waals surface area contributed by atoms with Gasteiger partial charge in [-0.15, -0.1) is 0 Å². The SMILES string of the molecule is COCCn1cccc1C(=O)N1CCN(C)CC1CN. The Hall–Kier alpha value is -1.37. The minimum atomic E-state index is 0.0645. The molecule has 112 valence electrons. The van der Waals surface area contributed by atoms with E-state index in [1.807, 2.05) is 27.8 Å². The summed E-state index contributed by atoms with van der Waals surface area (Å²) in [6, 6.07) is 3.85. The predicted molar refractivity (Wildman–Crippen MR) is 77.7 cm³/mol. The lowest BCUT2D eigenvalue weighted by atomic mass is 10.1. The third-order valence-corrected chi connectivity index (χ3v) is 3.80. The number of hydrogen-bond acceptors (Lipinski definition) is 4. The van der Waals surface area contributed by atoms with Gasteiger partial charge in [-0.25, -0.2) is 0 Å². The molecule has 1 fully saturated rings. The second kappa shape index (κ2) is 6.88. The highest BCUT2D eigenvalue weighted by atomic mass is 16.5. The molecular formula is C14H24N4O2. The van der Waals surface area contributed by atoms with Gasteiger partial charge in [-0.05, 0) is 19.2 Å². The molecule has 1 saturated heterocycles. The zero-order valence-electron chi connectivity index (χ0n) is 12.3. The average molecular weight is 280 g/mol. The molecule has 1 aromatic rings. The lowest BCUT2D eigenvalue weighted by Gasteiger charge is -2.39. The highest BCUT2D eigenvalue weighted by Gasteiger charge is 2.29. The van der Waals surface area contributed by atoms with E-state index in [0.717, 1.165) is 19.6 Å². The molecule has 2 rings (SSSR count). The fraction of sp³-hybridized carbons (Fsp3) is 0.643. The van der Waals surface area contributed by atoms with E-state index in [4.69, 9.17) is 10.5 Å². The highest BCUT2D eigenvalue weighted by molar-refractivity contribution is 5.93. The van der Waals surface area contributed by atoms with Gasteiger partial charge in [0.1, 0.15) is 5.69 Å². The normalized spacial score (nSPS) is 20.4. The number of methoxy groups -OCH3 is 1. The summed E-state index contributed by atoms with van der Waals surface area (Å²) in [5, 5.41) is 0. The summed E-state index contributed by atoms with van der Waals surface area (Å²) in [7, 11) is 3.72. The summed E-state index contributed by atoms with van der Waals surface area (Å²) in [6.45, 7) is 4.23. The average Bonchev–Trinajstić information content (AvgIpc) is 2.92. The molecule has 1 aliphatic heterocycles. The second-order valence-corrected chi connectivity index (χ2v) is 5.23. The van der Waals surface area contributed by atoms with Gasteiger partial charge < -0.3 is 24.8 Å². The van der Waals surface area contributed by atoms with E-state index >= 15 is 0 Å². The van der Waals surface area contributed by atoms with Crippen molar-refractivity contribution in [3.8, 4) is 0 Å². The molecular weight excluding hydrogens is 256 g/mol. The van der Waals surface area contributed by atoms with Crippen LogP contribution in [0.4, 0.5) is 0 Å². The van der Waals surface area contributed by atoms with E-state index < -0.39 is 0 Å². The van der Waals surface area contributed by atoms with Crippen molar-refractivity contribution in [1.82, 2.24) is 14.4 Å². The van der Waals surface area contributed by atoms with E-state index in [9.17, 15) is 4.79 Å². The molecule has 1 aromatic heterocycles. The number of likely N-dealkylation sites (N-methyl/N-ethyl adjacent to an activating group) is 1. The monoisotopic (exact) mass is 280 g/mol. The van der Waals surface area contributed by atoms with Gasteiger partial charge in [0.15, 0.2) is 0 Å². The number of hydrogen-bond donors (Lipinski definition) is 1. The van der Waals surface area contributed by atoms with Gasteiger partial charge >= 0.3 is 0 Å². The van der Waals surface area contributed by atoms with Crippen LogP contribution in [0.3, 0.4) is 0 Å². The van der Waals surface area contributed by atoms with Crippen molar-refractivity contribution in [2.45, 2.75) is 12.6 Å². The molecule has 6 heteroatoms. The number of aromatic nitrogens is 1. The molecule has 6 nitrogen and oxygen atoms in total. The van der Waals surface area contributed by atoms with Gasteiger partial charge in [0.05, 0.1) is 12.6 Å². The first kappa shape index (κ1) is 15.0. The molecule has 0 aliphatic carbocycles. The summed E-state index contributed by atoms with van der Waals surface area (Å²) in [6.07, 6.45) is 1.92. The summed E-state index contributed by atoms with van der Waals surface area (Å²) in [5.74, 6) is 0.0645. The van der Waals surface area contributed by atoms with E-state index in [1.165, 1.54) is 0 Å². The van der Waals surface area contributed by atoms with Gasteiger partial charge in [-0.3, -0.25) is 4.79 Å². The third-order valence-electron chi connectivity index (χ3n) is 3.80. The maximum atomic E-state index is 12.7. The molecule has 0 saturated carbocycles. The Morgan fingerprint density at radius 2 is 2.30 bits per heavy atom. The fourth-order valence-electron chi connectivity index (χ4n) is 2.62. The molecule has 2 N–H and O–H groups in total. The number of nitrogens with zero attached hydrogens (tertiary/aromatic N) is 3. The molecule has 0 radical (unpaired) electrons. The number of carbonyl (C=O) groups excluding carboxylic acids is 1. The zero-order chi connectivity index (χ0) is 14.5. The van der Waals surface area contributed by atoms with E-state index in [1.54, 1.807) is 7.11 Å². The van der Waals surface area contributed by atoms with Crippen LogP contribution in [0.25, 0.3) is 0 Å². The topological polar surface area (TPSA) is 63.7 Å². The zero-order valence-corrected chi connectivity index (χ0v) is 12.3. The minimum absolute atomic E-state index is 0.0645.